The fraction of sp³-hybridized carbons (Fsp3) is 0.407. The third-order valence-corrected chi connectivity index (χ3v) is 7.79. The molecule has 1 atom stereocenters. The van der Waals surface area contributed by atoms with Crippen LogP contribution >= 0.6 is 11.8 Å². The van der Waals surface area contributed by atoms with Gasteiger partial charge in [-0.15, -0.1) is 10.2 Å². The molecule has 182 valence electrons. The Hall–Kier alpha value is -3.13. The summed E-state index contributed by atoms with van der Waals surface area (Å²) in [5, 5.41) is 9.42. The Morgan fingerprint density at radius 3 is 2.51 bits per heavy atom. The number of carbonyl (C=O) groups is 2. The highest BCUT2D eigenvalue weighted by Crippen LogP contribution is 2.29. The monoisotopic (exact) mass is 490 g/mol. The highest BCUT2D eigenvalue weighted by Gasteiger charge is 2.35. The van der Waals surface area contributed by atoms with E-state index in [4.69, 9.17) is 4.42 Å². The quantitative estimate of drug-likeness (QED) is 0.458. The predicted molar refractivity (Wildman–Crippen MR) is 135 cm³/mol. The first-order valence-electron chi connectivity index (χ1n) is 12.3. The van der Waals surface area contributed by atoms with Crippen LogP contribution in [0, 0.1) is 5.92 Å². The highest BCUT2D eigenvalue weighted by atomic mass is 32.2. The Labute approximate surface area is 209 Å². The van der Waals surface area contributed by atoms with Crippen molar-refractivity contribution in [2.75, 3.05) is 19.6 Å². The first-order valence-corrected chi connectivity index (χ1v) is 13.3. The van der Waals surface area contributed by atoms with Gasteiger partial charge in [-0.05, 0) is 44.0 Å². The normalized spacial score (nSPS) is 18.7. The second-order valence-electron chi connectivity index (χ2n) is 9.29. The van der Waals surface area contributed by atoms with Gasteiger partial charge in [0.25, 0.3) is 5.91 Å². The third kappa shape index (κ3) is 5.42. The number of carbonyl (C=O) groups excluding carboxylic acids is 2. The molecular weight excluding hydrogens is 460 g/mol. The summed E-state index contributed by atoms with van der Waals surface area (Å²) in [6.07, 6.45) is 4.29. The Morgan fingerprint density at radius 1 is 1.00 bits per heavy atom. The van der Waals surface area contributed by atoms with Crippen LogP contribution in [0.4, 0.5) is 0 Å². The van der Waals surface area contributed by atoms with Crippen molar-refractivity contribution < 1.29 is 14.0 Å². The molecule has 1 saturated heterocycles. The average molecular weight is 491 g/mol. The van der Waals surface area contributed by atoms with E-state index < -0.39 is 0 Å². The van der Waals surface area contributed by atoms with Gasteiger partial charge in [0, 0.05) is 37.2 Å². The van der Waals surface area contributed by atoms with Gasteiger partial charge >= 0.3 is 0 Å². The summed E-state index contributed by atoms with van der Waals surface area (Å²) in [6.45, 7) is 3.69. The number of furan rings is 1. The van der Waals surface area contributed by atoms with Gasteiger partial charge in [-0.2, -0.15) is 0 Å². The van der Waals surface area contributed by atoms with Gasteiger partial charge in [0.05, 0.1) is 11.4 Å². The van der Waals surface area contributed by atoms with Crippen molar-refractivity contribution in [1.82, 2.24) is 20.0 Å². The minimum Gasteiger partial charge on any atom is -0.455 e. The smallest absolute Gasteiger partial charge is 0.289 e. The van der Waals surface area contributed by atoms with Crippen LogP contribution in [-0.4, -0.2) is 57.5 Å². The molecule has 5 rings (SSSR count). The SMILES string of the molecule is C[C@H]1CN(C(=O)c2ccc(CSc3ccc(-c4ccccc4)nn3)o2)CCN1C(=O)C1CCCC1. The molecule has 0 radical (unpaired) electrons. The van der Waals surface area contributed by atoms with Crippen LogP contribution in [0.5, 0.6) is 0 Å². The first kappa shape index (κ1) is 23.6. The molecule has 3 aromatic rings. The number of aromatic nitrogens is 2. The van der Waals surface area contributed by atoms with Crippen LogP contribution in [0.3, 0.4) is 0 Å². The fourth-order valence-corrected chi connectivity index (χ4v) is 5.62. The van der Waals surface area contributed by atoms with Crippen molar-refractivity contribution in [3.63, 3.8) is 0 Å². The number of thioether (sulfide) groups is 1. The lowest BCUT2D eigenvalue weighted by atomic mass is 10.0. The van der Waals surface area contributed by atoms with E-state index in [2.05, 4.69) is 10.2 Å². The Kier molecular flexibility index (Phi) is 7.18. The number of hydrogen-bond donors (Lipinski definition) is 0. The zero-order valence-electron chi connectivity index (χ0n) is 19.9. The van der Waals surface area contributed by atoms with Gasteiger partial charge < -0.3 is 14.2 Å². The molecule has 3 heterocycles. The average Bonchev–Trinajstić information content (AvgIpc) is 3.60. The molecule has 2 amide bonds. The van der Waals surface area contributed by atoms with E-state index in [0.29, 0.717) is 31.1 Å². The number of benzene rings is 1. The van der Waals surface area contributed by atoms with Crippen LogP contribution < -0.4 is 0 Å². The Morgan fingerprint density at radius 2 is 1.80 bits per heavy atom. The lowest BCUT2D eigenvalue weighted by Crippen LogP contribution is -2.56. The summed E-state index contributed by atoms with van der Waals surface area (Å²) < 4.78 is 5.86. The summed E-state index contributed by atoms with van der Waals surface area (Å²) in [5.74, 6) is 1.94. The van der Waals surface area contributed by atoms with E-state index in [-0.39, 0.29) is 23.8 Å². The molecule has 1 aliphatic heterocycles. The van der Waals surface area contributed by atoms with Crippen LogP contribution in [0.2, 0.25) is 0 Å². The number of piperazine rings is 1. The summed E-state index contributed by atoms with van der Waals surface area (Å²) >= 11 is 1.52. The summed E-state index contributed by atoms with van der Waals surface area (Å²) in [5.41, 5.74) is 1.86. The maximum Gasteiger partial charge on any atom is 0.289 e. The van der Waals surface area contributed by atoms with E-state index in [1.54, 1.807) is 11.0 Å². The maximum absolute atomic E-state index is 13.0. The lowest BCUT2D eigenvalue weighted by molar-refractivity contribution is -0.139. The molecule has 1 saturated carbocycles. The van der Waals surface area contributed by atoms with Crippen LogP contribution in [0.1, 0.15) is 48.9 Å². The second kappa shape index (κ2) is 10.6. The third-order valence-electron chi connectivity index (χ3n) is 6.85. The van der Waals surface area contributed by atoms with Crippen LogP contribution in [0.25, 0.3) is 11.3 Å². The fourth-order valence-electron chi connectivity index (χ4n) is 4.91. The minimum absolute atomic E-state index is 0.0169. The van der Waals surface area contributed by atoms with E-state index in [1.165, 1.54) is 11.8 Å². The van der Waals surface area contributed by atoms with Gasteiger partial charge in [-0.25, -0.2) is 0 Å². The van der Waals surface area contributed by atoms with Crippen molar-refractivity contribution in [3.8, 4) is 11.3 Å². The molecule has 0 spiro atoms. The summed E-state index contributed by atoms with van der Waals surface area (Å²) in [6, 6.07) is 17.4. The van der Waals surface area contributed by atoms with Gasteiger partial charge in [-0.3, -0.25) is 9.59 Å². The van der Waals surface area contributed by atoms with Crippen LogP contribution in [0.15, 0.2) is 64.0 Å². The van der Waals surface area contributed by atoms with Gasteiger partial charge in [0.15, 0.2) is 5.76 Å². The van der Waals surface area contributed by atoms with E-state index in [0.717, 1.165) is 47.7 Å². The minimum atomic E-state index is -0.118. The van der Waals surface area contributed by atoms with Gasteiger partial charge in [0.2, 0.25) is 5.91 Å². The standard InChI is InChI=1S/C27H30N4O3S/c1-19-17-30(15-16-31(19)26(32)21-9-5-6-10-21)27(33)24-13-11-22(34-24)18-35-25-14-12-23(28-29-25)20-7-3-2-4-8-20/h2-4,7-8,11-14,19,21H,5-6,9-10,15-18H2,1H3/t19-/m0/s1. The molecule has 35 heavy (non-hydrogen) atoms. The highest BCUT2D eigenvalue weighted by molar-refractivity contribution is 7.98. The Bertz CT molecular complexity index is 1160. The molecule has 2 fully saturated rings. The van der Waals surface area contributed by atoms with E-state index >= 15 is 0 Å². The van der Waals surface area contributed by atoms with Crippen molar-refractivity contribution in [3.05, 3.63) is 66.1 Å². The summed E-state index contributed by atoms with van der Waals surface area (Å²) in [7, 11) is 0. The van der Waals surface area contributed by atoms with Gasteiger partial charge in [-0.1, -0.05) is 54.9 Å². The zero-order chi connectivity index (χ0) is 24.2. The molecule has 1 aliphatic carbocycles. The molecule has 0 N–H and O–H groups in total. The number of nitrogens with zero attached hydrogens (tertiary/aromatic N) is 4. The molecule has 0 bridgehead atoms. The second-order valence-corrected chi connectivity index (χ2v) is 10.3. The largest absolute Gasteiger partial charge is 0.455 e. The van der Waals surface area contributed by atoms with Crippen molar-refractivity contribution in [2.24, 2.45) is 5.92 Å². The van der Waals surface area contributed by atoms with Crippen molar-refractivity contribution in [1.29, 1.82) is 0 Å². The first-order chi connectivity index (χ1) is 17.1. The zero-order valence-corrected chi connectivity index (χ0v) is 20.7. The van der Waals surface area contributed by atoms with Crippen LogP contribution in [-0.2, 0) is 10.5 Å². The summed E-state index contributed by atoms with van der Waals surface area (Å²) in [4.78, 5) is 29.6. The van der Waals surface area contributed by atoms with Crippen molar-refractivity contribution in [2.45, 2.75) is 49.4 Å². The van der Waals surface area contributed by atoms with Crippen molar-refractivity contribution >= 4 is 23.6 Å². The number of hydrogen-bond acceptors (Lipinski definition) is 6. The lowest BCUT2D eigenvalue weighted by Gasteiger charge is -2.40. The number of rotatable bonds is 6. The molecule has 1 aromatic carbocycles. The van der Waals surface area contributed by atoms with E-state index in [9.17, 15) is 9.59 Å². The van der Waals surface area contributed by atoms with Gasteiger partial charge in [0.1, 0.15) is 10.8 Å². The predicted octanol–water partition coefficient (Wildman–Crippen LogP) is 4.89. The molecule has 8 heteroatoms. The van der Waals surface area contributed by atoms with E-state index in [1.807, 2.05) is 60.4 Å². The maximum atomic E-state index is 13.0. The molecule has 2 aromatic heterocycles. The number of amides is 2. The Balaban J connectivity index is 1.14. The molecule has 2 aliphatic rings. The molecule has 7 nitrogen and oxygen atoms in total. The topological polar surface area (TPSA) is 79.5 Å². The molecule has 0 unspecified atom stereocenters. The molecular formula is C27H30N4O3S.